The molecule has 0 aromatic carbocycles. The Hall–Kier alpha value is -1.55. The summed E-state index contributed by atoms with van der Waals surface area (Å²) in [6.07, 6.45) is 5.32. The Morgan fingerprint density at radius 2 is 2.17 bits per heavy atom. The summed E-state index contributed by atoms with van der Waals surface area (Å²) in [5, 5.41) is 7.74. The molecular weight excluding hydrogens is 224 g/mol. The van der Waals surface area contributed by atoms with E-state index in [1.54, 1.807) is 0 Å². The quantitative estimate of drug-likeness (QED) is 0.846. The van der Waals surface area contributed by atoms with Crippen LogP contribution in [0.15, 0.2) is 24.5 Å². The maximum absolute atomic E-state index is 4.58. The molecule has 4 heteroatoms. The average Bonchev–Trinajstić information content (AvgIpc) is 2.97. The van der Waals surface area contributed by atoms with E-state index in [9.17, 15) is 0 Å². The van der Waals surface area contributed by atoms with Crippen molar-refractivity contribution in [2.24, 2.45) is 0 Å². The van der Waals surface area contributed by atoms with E-state index < -0.39 is 0 Å². The summed E-state index contributed by atoms with van der Waals surface area (Å²) in [7, 11) is 1.97. The van der Waals surface area contributed by atoms with E-state index in [4.69, 9.17) is 0 Å². The van der Waals surface area contributed by atoms with E-state index in [-0.39, 0.29) is 0 Å². The molecule has 2 aromatic rings. The van der Waals surface area contributed by atoms with Gasteiger partial charge >= 0.3 is 0 Å². The largest absolute Gasteiger partial charge is 0.348 e. The Balaban J connectivity index is 2.14. The summed E-state index contributed by atoms with van der Waals surface area (Å²) in [5.74, 6) is 0. The number of nitrogens with zero attached hydrogens (tertiary/aromatic N) is 3. The number of nitrogens with one attached hydrogen (secondary N) is 1. The Morgan fingerprint density at radius 1 is 1.33 bits per heavy atom. The lowest BCUT2D eigenvalue weighted by Crippen LogP contribution is -2.07. The van der Waals surface area contributed by atoms with E-state index in [0.29, 0.717) is 0 Å². The van der Waals surface area contributed by atoms with Crippen LogP contribution in [0.25, 0.3) is 0 Å². The first kappa shape index (κ1) is 12.9. The fourth-order valence-corrected chi connectivity index (χ4v) is 2.17. The molecule has 0 fully saturated rings. The third kappa shape index (κ3) is 2.82. The first-order valence-electron chi connectivity index (χ1n) is 6.61. The lowest BCUT2D eigenvalue weighted by Gasteiger charge is -2.05. The van der Waals surface area contributed by atoms with Crippen molar-refractivity contribution in [3.8, 4) is 0 Å². The van der Waals surface area contributed by atoms with Crippen LogP contribution in [0.1, 0.15) is 30.8 Å². The molecule has 18 heavy (non-hydrogen) atoms. The Labute approximate surface area is 109 Å². The second kappa shape index (κ2) is 5.87. The van der Waals surface area contributed by atoms with Crippen LogP contribution in [0.5, 0.6) is 0 Å². The first-order chi connectivity index (χ1) is 8.76. The fourth-order valence-electron chi connectivity index (χ4n) is 2.17. The molecule has 0 aliphatic carbocycles. The van der Waals surface area contributed by atoms with Gasteiger partial charge in [-0.2, -0.15) is 5.10 Å². The number of hydrogen-bond acceptors (Lipinski definition) is 2. The van der Waals surface area contributed by atoms with Crippen LogP contribution in [-0.2, 0) is 26.1 Å². The maximum Gasteiger partial charge on any atom is 0.0639 e. The molecule has 0 atom stereocenters. The van der Waals surface area contributed by atoms with Crippen molar-refractivity contribution < 1.29 is 0 Å². The zero-order valence-corrected chi connectivity index (χ0v) is 11.5. The highest BCUT2D eigenvalue weighted by molar-refractivity contribution is 5.15. The summed E-state index contributed by atoms with van der Waals surface area (Å²) in [6, 6.07) is 4.37. The predicted molar refractivity (Wildman–Crippen MR) is 73.6 cm³/mol. The Kier molecular flexibility index (Phi) is 4.20. The minimum Gasteiger partial charge on any atom is -0.348 e. The highest BCUT2D eigenvalue weighted by atomic mass is 15.3. The minimum atomic E-state index is 0.893. The van der Waals surface area contributed by atoms with Crippen molar-refractivity contribution in [3.63, 3.8) is 0 Å². The van der Waals surface area contributed by atoms with Gasteiger partial charge in [-0.15, -0.1) is 0 Å². The van der Waals surface area contributed by atoms with Crippen molar-refractivity contribution in [3.05, 3.63) is 41.5 Å². The van der Waals surface area contributed by atoms with Crippen LogP contribution < -0.4 is 5.32 Å². The van der Waals surface area contributed by atoms with Gasteiger partial charge in [0.2, 0.25) is 0 Å². The van der Waals surface area contributed by atoms with Gasteiger partial charge < -0.3 is 9.88 Å². The van der Waals surface area contributed by atoms with E-state index in [1.165, 1.54) is 17.0 Å². The molecule has 0 saturated heterocycles. The van der Waals surface area contributed by atoms with Crippen LogP contribution >= 0.6 is 0 Å². The molecule has 0 unspecified atom stereocenters. The van der Waals surface area contributed by atoms with Crippen molar-refractivity contribution in [2.45, 2.75) is 39.9 Å². The van der Waals surface area contributed by atoms with Gasteiger partial charge in [0.05, 0.1) is 17.9 Å². The Morgan fingerprint density at radius 3 is 2.83 bits per heavy atom. The predicted octanol–water partition coefficient (Wildman–Crippen LogP) is 2.03. The summed E-state index contributed by atoms with van der Waals surface area (Å²) < 4.78 is 4.31. The minimum absolute atomic E-state index is 0.893. The number of hydrogen-bond donors (Lipinski definition) is 1. The summed E-state index contributed by atoms with van der Waals surface area (Å²) in [4.78, 5) is 0. The van der Waals surface area contributed by atoms with Crippen LogP contribution in [0.3, 0.4) is 0 Å². The molecule has 0 aliphatic rings. The molecule has 2 heterocycles. The molecule has 0 spiro atoms. The van der Waals surface area contributed by atoms with Crippen molar-refractivity contribution in [1.29, 1.82) is 0 Å². The van der Waals surface area contributed by atoms with Gasteiger partial charge in [-0.3, -0.25) is 4.68 Å². The zero-order valence-electron chi connectivity index (χ0n) is 11.5. The second-order valence-corrected chi connectivity index (χ2v) is 4.52. The van der Waals surface area contributed by atoms with Crippen molar-refractivity contribution in [2.75, 3.05) is 7.05 Å². The summed E-state index contributed by atoms with van der Waals surface area (Å²) in [5.41, 5.74) is 3.77. The average molecular weight is 246 g/mol. The number of aryl methyl sites for hydroxylation is 2. The van der Waals surface area contributed by atoms with Gasteiger partial charge in [-0.25, -0.2) is 0 Å². The SMILES string of the molecule is CCc1cc(Cn2ccc(CNC)c2)n(CC)n1. The van der Waals surface area contributed by atoms with Crippen molar-refractivity contribution >= 4 is 0 Å². The van der Waals surface area contributed by atoms with Crippen LogP contribution in [0.4, 0.5) is 0 Å². The van der Waals surface area contributed by atoms with Crippen LogP contribution in [-0.4, -0.2) is 21.4 Å². The van der Waals surface area contributed by atoms with E-state index in [0.717, 1.165) is 26.1 Å². The molecule has 0 saturated carbocycles. The smallest absolute Gasteiger partial charge is 0.0639 e. The normalized spacial score (nSPS) is 11.1. The third-order valence-electron chi connectivity index (χ3n) is 3.11. The Bertz CT molecular complexity index is 496. The summed E-state index contributed by atoms with van der Waals surface area (Å²) >= 11 is 0. The van der Waals surface area contributed by atoms with Gasteiger partial charge in [0.1, 0.15) is 0 Å². The van der Waals surface area contributed by atoms with Gasteiger partial charge in [-0.05, 0) is 38.1 Å². The molecule has 2 aromatic heterocycles. The van der Waals surface area contributed by atoms with Gasteiger partial charge in [0.25, 0.3) is 0 Å². The molecule has 0 aliphatic heterocycles. The zero-order chi connectivity index (χ0) is 13.0. The van der Waals surface area contributed by atoms with Crippen LogP contribution in [0, 0.1) is 0 Å². The van der Waals surface area contributed by atoms with E-state index >= 15 is 0 Å². The molecule has 0 radical (unpaired) electrons. The number of rotatable bonds is 6. The summed E-state index contributed by atoms with van der Waals surface area (Å²) in [6.45, 7) is 7.02. The molecule has 0 amide bonds. The fraction of sp³-hybridized carbons (Fsp3) is 0.500. The lowest BCUT2D eigenvalue weighted by atomic mass is 10.3. The molecule has 4 nitrogen and oxygen atoms in total. The van der Waals surface area contributed by atoms with Crippen LogP contribution in [0.2, 0.25) is 0 Å². The molecule has 2 rings (SSSR count). The number of aromatic nitrogens is 3. The molecular formula is C14H22N4. The van der Waals surface area contributed by atoms with Crippen molar-refractivity contribution in [1.82, 2.24) is 19.7 Å². The lowest BCUT2D eigenvalue weighted by molar-refractivity contribution is 0.595. The first-order valence-corrected chi connectivity index (χ1v) is 6.61. The van der Waals surface area contributed by atoms with Gasteiger partial charge in [-0.1, -0.05) is 6.92 Å². The molecule has 1 N–H and O–H groups in total. The highest BCUT2D eigenvalue weighted by Gasteiger charge is 2.06. The monoisotopic (exact) mass is 246 g/mol. The molecule has 98 valence electrons. The van der Waals surface area contributed by atoms with Gasteiger partial charge in [0.15, 0.2) is 0 Å². The standard InChI is InChI=1S/C14H22N4/c1-4-13-8-14(18(5-2)16-13)11-17-7-6-12(10-17)9-15-3/h6-8,10,15H,4-5,9,11H2,1-3H3. The van der Waals surface area contributed by atoms with Gasteiger partial charge in [0, 0.05) is 25.5 Å². The second-order valence-electron chi connectivity index (χ2n) is 4.52. The van der Waals surface area contributed by atoms with E-state index in [1.807, 2.05) is 7.05 Å². The molecule has 0 bridgehead atoms. The highest BCUT2D eigenvalue weighted by Crippen LogP contribution is 2.09. The third-order valence-corrected chi connectivity index (χ3v) is 3.11. The van der Waals surface area contributed by atoms with E-state index in [2.05, 4.69) is 58.0 Å². The maximum atomic E-state index is 4.58. The topological polar surface area (TPSA) is 34.8 Å².